The molecule has 0 aromatic rings. The molecular weight excluding hydrogens is 304 g/mol. The van der Waals surface area contributed by atoms with Gasteiger partial charge in [0.15, 0.2) is 0 Å². The highest BCUT2D eigenvalue weighted by Gasteiger charge is 2.09. The molecule has 20 heavy (non-hydrogen) atoms. The summed E-state index contributed by atoms with van der Waals surface area (Å²) in [6.07, 6.45) is 12.2. The molecule has 0 aliphatic heterocycles. The lowest BCUT2D eigenvalue weighted by Gasteiger charge is -2.04. The van der Waals surface area contributed by atoms with Gasteiger partial charge in [-0.25, -0.2) is 0 Å². The van der Waals surface area contributed by atoms with E-state index in [2.05, 4.69) is 8.37 Å². The van der Waals surface area contributed by atoms with Crippen molar-refractivity contribution >= 4 is 20.2 Å². The lowest BCUT2D eigenvalue weighted by Crippen LogP contribution is -2.11. The number of rotatable bonds is 11. The van der Waals surface area contributed by atoms with E-state index in [1.807, 2.05) is 11.8 Å². The van der Waals surface area contributed by atoms with Crippen LogP contribution in [0.15, 0.2) is 0 Å². The van der Waals surface area contributed by atoms with E-state index in [-0.39, 0.29) is 13.2 Å². The van der Waals surface area contributed by atoms with Crippen molar-refractivity contribution in [3.8, 4) is 24.7 Å². The molecule has 0 aromatic carbocycles. The van der Waals surface area contributed by atoms with Crippen LogP contribution in [0.1, 0.15) is 25.7 Å². The van der Waals surface area contributed by atoms with Crippen LogP contribution in [-0.2, 0) is 28.6 Å². The molecule has 8 heteroatoms. The molecule has 0 bridgehead atoms. The Labute approximate surface area is 121 Å². The number of unbranched alkanes of at least 4 members (excludes halogenated alkanes) is 3. The molecule has 0 atom stereocenters. The largest absolute Gasteiger partial charge is 0.278 e. The van der Waals surface area contributed by atoms with Gasteiger partial charge < -0.3 is 0 Å². The van der Waals surface area contributed by atoms with Crippen molar-refractivity contribution < 1.29 is 25.2 Å². The molecule has 0 aliphatic carbocycles. The summed E-state index contributed by atoms with van der Waals surface area (Å²) in [6, 6.07) is 0. The van der Waals surface area contributed by atoms with Gasteiger partial charge in [0.25, 0.3) is 20.2 Å². The highest BCUT2D eigenvalue weighted by Crippen LogP contribution is 2.04. The number of hydrogen-bond donors (Lipinski definition) is 0. The quantitative estimate of drug-likeness (QED) is 0.313. The normalized spacial score (nSPS) is 11.7. The van der Waals surface area contributed by atoms with Crippen molar-refractivity contribution in [2.45, 2.75) is 25.7 Å². The van der Waals surface area contributed by atoms with Crippen LogP contribution in [-0.4, -0.2) is 41.6 Å². The second kappa shape index (κ2) is 9.78. The maximum absolute atomic E-state index is 11.1. The Hall–Kier alpha value is -1.06. The molecule has 0 fully saturated rings. The summed E-state index contributed by atoms with van der Waals surface area (Å²) in [5, 5.41) is 0. The summed E-state index contributed by atoms with van der Waals surface area (Å²) in [5.41, 5.74) is 0. The predicted molar refractivity (Wildman–Crippen MR) is 75.6 cm³/mol. The summed E-state index contributed by atoms with van der Waals surface area (Å²) in [5.74, 6) is 3.13. The molecule has 0 unspecified atom stereocenters. The Morgan fingerprint density at radius 2 is 1.05 bits per heavy atom. The van der Waals surface area contributed by atoms with Crippen molar-refractivity contribution in [1.29, 1.82) is 0 Å². The van der Waals surface area contributed by atoms with Crippen molar-refractivity contribution in [2.24, 2.45) is 0 Å². The fraction of sp³-hybridized carbons (Fsp3) is 0.667. The summed E-state index contributed by atoms with van der Waals surface area (Å²) >= 11 is 0. The Morgan fingerprint density at radius 1 is 0.700 bits per heavy atom. The number of terminal acetylenes is 2. The van der Waals surface area contributed by atoms with Gasteiger partial charge in [0.05, 0.1) is 13.2 Å². The zero-order valence-electron chi connectivity index (χ0n) is 11.1. The van der Waals surface area contributed by atoms with Gasteiger partial charge in [0.1, 0.15) is 11.5 Å². The van der Waals surface area contributed by atoms with Gasteiger partial charge in [0, 0.05) is 0 Å². The number of hydrogen-bond acceptors (Lipinski definition) is 6. The predicted octanol–water partition coefficient (Wildman–Crippen LogP) is 0.506. The van der Waals surface area contributed by atoms with Crippen LogP contribution in [0.3, 0.4) is 0 Å². The Bertz CT molecular complexity index is 496. The van der Waals surface area contributed by atoms with Crippen LogP contribution < -0.4 is 0 Å². The minimum atomic E-state index is -3.61. The maximum Gasteiger partial charge on any atom is 0.278 e. The van der Waals surface area contributed by atoms with E-state index in [1.165, 1.54) is 0 Å². The van der Waals surface area contributed by atoms with Gasteiger partial charge in [0.2, 0.25) is 0 Å². The molecule has 0 spiro atoms. The second-order valence-electron chi connectivity index (χ2n) is 3.87. The highest BCUT2D eigenvalue weighted by molar-refractivity contribution is 7.87. The van der Waals surface area contributed by atoms with Crippen molar-refractivity contribution in [3.05, 3.63) is 0 Å². The Kier molecular flexibility index (Phi) is 9.26. The van der Waals surface area contributed by atoms with Crippen LogP contribution >= 0.6 is 0 Å². The van der Waals surface area contributed by atoms with Gasteiger partial charge in [-0.05, 0) is 12.8 Å². The van der Waals surface area contributed by atoms with E-state index in [4.69, 9.17) is 12.8 Å². The van der Waals surface area contributed by atoms with E-state index in [1.54, 1.807) is 0 Å². The van der Waals surface area contributed by atoms with Crippen LogP contribution in [0.4, 0.5) is 0 Å². The molecule has 0 saturated carbocycles. The minimum Gasteiger partial charge on any atom is -0.269 e. The standard InChI is InChI=1S/C12H18O6S2/c1-3-11-19(13,14)17-9-7-5-6-8-10-18-20(15,16)12-4-2/h1-2H,5-12H2. The lowest BCUT2D eigenvalue weighted by atomic mass is 10.2. The van der Waals surface area contributed by atoms with Gasteiger partial charge in [-0.1, -0.05) is 24.7 Å². The fourth-order valence-corrected chi connectivity index (χ4v) is 2.54. The molecule has 0 radical (unpaired) electrons. The monoisotopic (exact) mass is 322 g/mol. The van der Waals surface area contributed by atoms with Crippen molar-refractivity contribution in [1.82, 2.24) is 0 Å². The zero-order valence-corrected chi connectivity index (χ0v) is 12.7. The van der Waals surface area contributed by atoms with Crippen LogP contribution in [0.5, 0.6) is 0 Å². The van der Waals surface area contributed by atoms with Crippen LogP contribution in [0.2, 0.25) is 0 Å². The highest BCUT2D eigenvalue weighted by atomic mass is 32.2. The van der Waals surface area contributed by atoms with E-state index in [9.17, 15) is 16.8 Å². The molecule has 0 amide bonds. The summed E-state index contributed by atoms with van der Waals surface area (Å²) in [4.78, 5) is 0. The second-order valence-corrected chi connectivity index (χ2v) is 7.15. The van der Waals surface area contributed by atoms with E-state index in [0.717, 1.165) is 0 Å². The third-order valence-corrected chi connectivity index (χ3v) is 4.18. The lowest BCUT2D eigenvalue weighted by molar-refractivity contribution is 0.292. The van der Waals surface area contributed by atoms with Gasteiger partial charge in [-0.15, -0.1) is 12.8 Å². The minimum absolute atomic E-state index is 0.0697. The Morgan fingerprint density at radius 3 is 1.35 bits per heavy atom. The molecule has 0 aromatic heterocycles. The van der Waals surface area contributed by atoms with Gasteiger partial charge in [-0.2, -0.15) is 16.8 Å². The first-order valence-corrected chi connectivity index (χ1v) is 9.09. The average molecular weight is 322 g/mol. The molecule has 114 valence electrons. The summed E-state index contributed by atoms with van der Waals surface area (Å²) in [7, 11) is -7.23. The van der Waals surface area contributed by atoms with Crippen molar-refractivity contribution in [2.75, 3.05) is 24.7 Å². The third-order valence-electron chi connectivity index (χ3n) is 2.08. The third kappa shape index (κ3) is 10.8. The van der Waals surface area contributed by atoms with E-state index < -0.39 is 31.7 Å². The van der Waals surface area contributed by atoms with Gasteiger partial charge in [-0.3, -0.25) is 8.37 Å². The first-order chi connectivity index (χ1) is 9.33. The molecule has 0 rings (SSSR count). The summed E-state index contributed by atoms with van der Waals surface area (Å²) in [6.45, 7) is 0.139. The molecule has 0 heterocycles. The molecule has 0 saturated heterocycles. The van der Waals surface area contributed by atoms with Crippen LogP contribution in [0, 0.1) is 24.7 Å². The van der Waals surface area contributed by atoms with E-state index in [0.29, 0.717) is 25.7 Å². The van der Waals surface area contributed by atoms with Gasteiger partial charge >= 0.3 is 0 Å². The Balaban J connectivity index is 3.57. The summed E-state index contributed by atoms with van der Waals surface area (Å²) < 4.78 is 53.6. The average Bonchev–Trinajstić information content (AvgIpc) is 2.32. The molecule has 6 nitrogen and oxygen atoms in total. The maximum atomic E-state index is 11.1. The topological polar surface area (TPSA) is 86.7 Å². The molecule has 0 aliphatic rings. The zero-order chi connectivity index (χ0) is 15.5. The first-order valence-electron chi connectivity index (χ1n) is 5.94. The fourth-order valence-electron chi connectivity index (χ4n) is 1.22. The first kappa shape index (κ1) is 18.9. The smallest absolute Gasteiger partial charge is 0.269 e. The van der Waals surface area contributed by atoms with E-state index >= 15 is 0 Å². The SMILES string of the molecule is C#CCS(=O)(=O)OCCCCCCOS(=O)(=O)CC#C. The molecular formula is C12H18O6S2. The van der Waals surface area contributed by atoms with Crippen LogP contribution in [0.25, 0.3) is 0 Å². The van der Waals surface area contributed by atoms with Crippen molar-refractivity contribution in [3.63, 3.8) is 0 Å². The molecule has 0 N–H and O–H groups in total.